The van der Waals surface area contributed by atoms with E-state index in [0.29, 0.717) is 0 Å². The predicted molar refractivity (Wildman–Crippen MR) is 41.0 cm³/mol. The van der Waals surface area contributed by atoms with Crippen LogP contribution in [0.2, 0.25) is 26.0 Å². The summed E-state index contributed by atoms with van der Waals surface area (Å²) in [5.74, 6) is 0. The molecule has 0 unspecified atom stereocenters. The lowest BCUT2D eigenvalue weighted by atomic mass is 10.2. The van der Waals surface area contributed by atoms with E-state index >= 15 is 0 Å². The third-order valence-electron chi connectivity index (χ3n) is 1.91. The second-order valence-corrected chi connectivity index (χ2v) is 8.61. The van der Waals surface area contributed by atoms with E-state index in [2.05, 4.69) is 26.8 Å². The van der Waals surface area contributed by atoms with Crippen molar-refractivity contribution in [3.63, 3.8) is 0 Å². The van der Waals surface area contributed by atoms with Gasteiger partial charge in [-0.05, 0) is 0 Å². The molecule has 0 aromatic heterocycles. The highest BCUT2D eigenvalue weighted by atomic mass is 28.3. The van der Waals surface area contributed by atoms with Gasteiger partial charge in [0.05, 0.1) is 0 Å². The molecule has 0 amide bonds. The highest BCUT2D eigenvalue weighted by Crippen LogP contribution is 2.04. The topological polar surface area (TPSA) is 0 Å². The molecule has 0 nitrogen and oxygen atoms in total. The van der Waals surface area contributed by atoms with Gasteiger partial charge in [0.15, 0.2) is 0 Å². The average molecular weight is 114 g/mol. The van der Waals surface area contributed by atoms with Gasteiger partial charge in [0.25, 0.3) is 0 Å². The van der Waals surface area contributed by atoms with Crippen molar-refractivity contribution in [1.29, 1.82) is 0 Å². The molecule has 7 heavy (non-hydrogen) atoms. The molecule has 0 heterocycles. The highest BCUT2D eigenvalue weighted by Gasteiger charge is 2.13. The first-order valence-electron chi connectivity index (χ1n) is 3.12. The lowest BCUT2D eigenvalue weighted by molar-refractivity contribution is 1.40. The summed E-state index contributed by atoms with van der Waals surface area (Å²) in [4.78, 5) is 0. The molecule has 0 spiro atoms. The van der Waals surface area contributed by atoms with Crippen LogP contribution in [0.3, 0.4) is 0 Å². The van der Waals surface area contributed by atoms with Crippen molar-refractivity contribution in [1.82, 2.24) is 0 Å². The monoisotopic (exact) mass is 114 g/mol. The van der Waals surface area contributed by atoms with Gasteiger partial charge < -0.3 is 0 Å². The molecule has 0 aromatic carbocycles. The third kappa shape index (κ3) is 2.92. The van der Waals surface area contributed by atoms with E-state index in [4.69, 9.17) is 0 Å². The smallest absolute Gasteiger partial charge is 0.0913 e. The van der Waals surface area contributed by atoms with Crippen molar-refractivity contribution in [3.05, 3.63) is 0 Å². The van der Waals surface area contributed by atoms with Crippen LogP contribution in [0.5, 0.6) is 0 Å². The zero-order chi connectivity index (χ0) is 5.91. The van der Waals surface area contributed by atoms with E-state index in [9.17, 15) is 0 Å². The largest absolute Gasteiger partial charge is 0.112 e. The van der Waals surface area contributed by atoms with Gasteiger partial charge in [0.1, 0.15) is 6.87 Å². The Hall–Kier alpha value is 0.282. The summed E-state index contributed by atoms with van der Waals surface area (Å²) in [6.07, 6.45) is 0. The van der Waals surface area contributed by atoms with Gasteiger partial charge >= 0.3 is 0 Å². The second-order valence-electron chi connectivity index (χ2n) is 2.87. The normalized spacial score (nSPS) is 11.4. The SMILES string of the molecule is CB[Si](C)(C)CC. The van der Waals surface area contributed by atoms with Gasteiger partial charge in [0, 0.05) is 7.94 Å². The Labute approximate surface area is 48.5 Å². The molecule has 0 radical (unpaired) electrons. The number of hydrogen-bond acceptors (Lipinski definition) is 0. The van der Waals surface area contributed by atoms with E-state index in [1.54, 1.807) is 0 Å². The first-order valence-corrected chi connectivity index (χ1v) is 6.54. The fourth-order valence-corrected chi connectivity index (χ4v) is 0.750. The lowest BCUT2D eigenvalue weighted by Gasteiger charge is -2.14. The first-order chi connectivity index (χ1) is 3.12. The van der Waals surface area contributed by atoms with Crippen LogP contribution >= 0.6 is 0 Å². The van der Waals surface area contributed by atoms with Crippen LogP contribution in [0, 0.1) is 0 Å². The van der Waals surface area contributed by atoms with E-state index in [1.165, 1.54) is 12.9 Å². The van der Waals surface area contributed by atoms with Gasteiger partial charge in [0.2, 0.25) is 0 Å². The molecule has 0 saturated heterocycles. The van der Waals surface area contributed by atoms with Crippen molar-refractivity contribution < 1.29 is 0 Å². The molecule has 0 aliphatic heterocycles. The summed E-state index contributed by atoms with van der Waals surface area (Å²) in [6.45, 7) is 10.9. The molecule has 42 valence electrons. The second kappa shape index (κ2) is 2.56. The standard InChI is InChI=1S/C5H15BSi/c1-5-7(3,4)6-2/h6H,5H2,1-4H3. The number of rotatable bonds is 2. The molecule has 0 aromatic rings. The maximum atomic E-state index is 2.44. The zero-order valence-corrected chi connectivity index (χ0v) is 6.91. The molecular weight excluding hydrogens is 99.0 g/mol. The predicted octanol–water partition coefficient (Wildman–Crippen LogP) is 1.70. The molecule has 2 heteroatoms. The Bertz CT molecular complexity index is 46.0. The summed E-state index contributed by atoms with van der Waals surface area (Å²) in [5.41, 5.74) is 0. The highest BCUT2D eigenvalue weighted by molar-refractivity contribution is 7.23. The van der Waals surface area contributed by atoms with Gasteiger partial charge in [-0.25, -0.2) is 0 Å². The van der Waals surface area contributed by atoms with Crippen LogP contribution in [0.4, 0.5) is 0 Å². The molecule has 0 fully saturated rings. The molecule has 0 N–H and O–H groups in total. The summed E-state index contributed by atoms with van der Waals surface area (Å²) < 4.78 is 0. The fourth-order valence-electron chi connectivity index (χ4n) is 0.250. The van der Waals surface area contributed by atoms with E-state index < -0.39 is 7.94 Å². The van der Waals surface area contributed by atoms with E-state index in [0.717, 1.165) is 0 Å². The summed E-state index contributed by atoms with van der Waals surface area (Å²) in [5, 5.41) is 0. The average Bonchev–Trinajstić information content (AvgIpc) is 1.68. The van der Waals surface area contributed by atoms with Crippen LogP contribution in [0.1, 0.15) is 6.92 Å². The van der Waals surface area contributed by atoms with Crippen LogP contribution in [-0.4, -0.2) is 14.8 Å². The van der Waals surface area contributed by atoms with Gasteiger partial charge in [-0.2, -0.15) is 0 Å². The minimum Gasteiger partial charge on any atom is -0.0913 e. The maximum Gasteiger partial charge on any atom is 0.112 e. The maximum absolute atomic E-state index is 2.44. The van der Waals surface area contributed by atoms with Crippen molar-refractivity contribution >= 4 is 14.8 Å². The Morgan fingerprint density at radius 1 is 1.43 bits per heavy atom. The lowest BCUT2D eigenvalue weighted by Crippen LogP contribution is -2.30. The van der Waals surface area contributed by atoms with Crippen LogP contribution in [-0.2, 0) is 0 Å². The molecule has 0 aliphatic carbocycles. The molecule has 0 saturated carbocycles. The van der Waals surface area contributed by atoms with Gasteiger partial charge in [-0.1, -0.05) is 32.9 Å². The molecule has 0 aliphatic rings. The quantitative estimate of drug-likeness (QED) is 0.479. The van der Waals surface area contributed by atoms with E-state index in [-0.39, 0.29) is 0 Å². The Kier molecular flexibility index (Phi) is 2.66. The Morgan fingerprint density at radius 2 is 1.86 bits per heavy atom. The first kappa shape index (κ1) is 7.28. The Morgan fingerprint density at radius 3 is 1.86 bits per heavy atom. The molecule has 0 bridgehead atoms. The van der Waals surface area contributed by atoms with Crippen molar-refractivity contribution in [2.45, 2.75) is 32.9 Å². The fraction of sp³-hybridized carbons (Fsp3) is 1.00. The van der Waals surface area contributed by atoms with Crippen LogP contribution < -0.4 is 0 Å². The molecule has 0 atom stereocenters. The van der Waals surface area contributed by atoms with Gasteiger partial charge in [-0.15, -0.1) is 0 Å². The summed E-state index contributed by atoms with van der Waals surface area (Å²) in [6, 6.07) is 1.43. The summed E-state index contributed by atoms with van der Waals surface area (Å²) in [7, 11) is -0.651. The van der Waals surface area contributed by atoms with Crippen LogP contribution in [0.25, 0.3) is 0 Å². The third-order valence-corrected chi connectivity index (χ3v) is 5.74. The van der Waals surface area contributed by atoms with Crippen molar-refractivity contribution in [2.24, 2.45) is 0 Å². The van der Waals surface area contributed by atoms with E-state index in [1.807, 2.05) is 0 Å². The number of hydrogen-bond donors (Lipinski definition) is 0. The minimum atomic E-state index is -0.651. The Balaban J connectivity index is 3.36. The molecular formula is C5H15BSi. The van der Waals surface area contributed by atoms with Gasteiger partial charge in [-0.3, -0.25) is 0 Å². The minimum absolute atomic E-state index is 0.651. The summed E-state index contributed by atoms with van der Waals surface area (Å²) >= 11 is 0. The zero-order valence-electron chi connectivity index (χ0n) is 5.91. The van der Waals surface area contributed by atoms with Crippen molar-refractivity contribution in [2.75, 3.05) is 0 Å². The van der Waals surface area contributed by atoms with Crippen LogP contribution in [0.15, 0.2) is 0 Å². The molecule has 0 rings (SSSR count). The van der Waals surface area contributed by atoms with Crippen molar-refractivity contribution in [3.8, 4) is 0 Å².